The number of aryl methyl sites for hydroxylation is 1. The van der Waals surface area contributed by atoms with Crippen LogP contribution in [0.3, 0.4) is 0 Å². The Morgan fingerprint density at radius 3 is 1.47 bits per heavy atom. The summed E-state index contributed by atoms with van der Waals surface area (Å²) in [7, 11) is 0. The highest BCUT2D eigenvalue weighted by molar-refractivity contribution is 5.69. The minimum Gasteiger partial charge on any atom is -0.462 e. The number of ether oxygens (including phenoxy) is 2. The zero-order chi connectivity index (χ0) is 38.8. The predicted molar refractivity (Wildman–Crippen MR) is 218 cm³/mol. The first-order valence-corrected chi connectivity index (χ1v) is 22.2. The number of esters is 2. The van der Waals surface area contributed by atoms with E-state index in [2.05, 4.69) is 42.1 Å². The zero-order valence-electron chi connectivity index (χ0n) is 34.8. The van der Waals surface area contributed by atoms with Crippen LogP contribution in [-0.4, -0.2) is 80.7 Å². The monoisotopic (exact) mass is 750 g/mol. The minimum absolute atomic E-state index is 0.0347. The van der Waals surface area contributed by atoms with Crippen LogP contribution < -0.4 is 0 Å². The predicted octanol–water partition coefficient (Wildman–Crippen LogP) is 10.3. The first-order valence-electron chi connectivity index (χ1n) is 22.2. The van der Waals surface area contributed by atoms with Gasteiger partial charge in [-0.25, -0.2) is 4.98 Å². The molecule has 1 rings (SSSR count). The van der Waals surface area contributed by atoms with Crippen molar-refractivity contribution in [2.45, 2.75) is 232 Å². The highest BCUT2D eigenvalue weighted by atomic mass is 16.5. The van der Waals surface area contributed by atoms with Crippen molar-refractivity contribution < 1.29 is 29.3 Å². The summed E-state index contributed by atoms with van der Waals surface area (Å²) < 4.78 is 13.6. The molecule has 0 aliphatic carbocycles. The number of carbonyl (C=O) groups excluding carboxylic acids is 2. The van der Waals surface area contributed by atoms with Gasteiger partial charge in [0, 0.05) is 51.4 Å². The van der Waals surface area contributed by atoms with E-state index in [1.165, 1.54) is 64.2 Å². The maximum Gasteiger partial charge on any atom is 0.306 e. The van der Waals surface area contributed by atoms with Crippen LogP contribution in [0.1, 0.15) is 201 Å². The lowest BCUT2D eigenvalue weighted by Gasteiger charge is -2.27. The van der Waals surface area contributed by atoms with Gasteiger partial charge in [-0.2, -0.15) is 0 Å². The van der Waals surface area contributed by atoms with Gasteiger partial charge in [-0.15, -0.1) is 0 Å². The van der Waals surface area contributed by atoms with Crippen molar-refractivity contribution in [1.82, 2.24) is 14.5 Å². The topological polar surface area (TPSA) is 114 Å². The van der Waals surface area contributed by atoms with E-state index in [4.69, 9.17) is 9.47 Å². The molecule has 0 radical (unpaired) electrons. The quantitative estimate of drug-likeness (QED) is 0.0507. The van der Waals surface area contributed by atoms with Gasteiger partial charge in [-0.1, -0.05) is 118 Å². The Labute approximate surface area is 325 Å². The molecular weight excluding hydrogens is 666 g/mol. The normalized spacial score (nSPS) is 13.9. The smallest absolute Gasteiger partial charge is 0.306 e. The standard InChI is InChI=1S/C44H83N3O6/c1-5-9-11-13-15-21-28-41(7-3)52-43(50)30-23-17-19-26-39(48)36-47(34-25-33-46-35-32-45-38-46)37-40(49)27-20-18-24-31-44(51)53-42(8-4)29-22-16-14-12-10-6-2/h32,35,38-42,48-49H,5-31,33-34,36-37H2,1-4H3/t39-,40?,41?,42?/m0/s1. The average Bonchev–Trinajstić information content (AvgIpc) is 3.66. The van der Waals surface area contributed by atoms with Gasteiger partial charge < -0.3 is 24.3 Å². The molecule has 2 N–H and O–H groups in total. The van der Waals surface area contributed by atoms with Crippen molar-refractivity contribution in [2.75, 3.05) is 19.6 Å². The Kier molecular flexibility index (Phi) is 31.9. The Hall–Kier alpha value is -1.97. The molecule has 0 aromatic carbocycles. The first kappa shape index (κ1) is 49.0. The lowest BCUT2D eigenvalue weighted by atomic mass is 10.1. The third-order valence-electron chi connectivity index (χ3n) is 10.5. The summed E-state index contributed by atoms with van der Waals surface area (Å²) in [5.41, 5.74) is 0. The minimum atomic E-state index is -0.483. The average molecular weight is 750 g/mol. The maximum atomic E-state index is 12.4. The van der Waals surface area contributed by atoms with Crippen LogP contribution in [0.15, 0.2) is 18.7 Å². The summed E-state index contributed by atoms with van der Waals surface area (Å²) in [6, 6.07) is 0. The fourth-order valence-corrected chi connectivity index (χ4v) is 7.07. The third kappa shape index (κ3) is 29.1. The fourth-order valence-electron chi connectivity index (χ4n) is 7.07. The lowest BCUT2D eigenvalue weighted by Crippen LogP contribution is -2.39. The molecule has 0 saturated carbocycles. The van der Waals surface area contributed by atoms with Gasteiger partial charge in [-0.3, -0.25) is 14.5 Å². The lowest BCUT2D eigenvalue weighted by molar-refractivity contribution is -0.150. The summed E-state index contributed by atoms with van der Waals surface area (Å²) in [5.74, 6) is -0.185. The number of imidazole rings is 1. The van der Waals surface area contributed by atoms with Gasteiger partial charge in [0.15, 0.2) is 0 Å². The summed E-state index contributed by atoms with van der Waals surface area (Å²) in [6.07, 6.45) is 31.4. The Morgan fingerprint density at radius 2 is 1.04 bits per heavy atom. The number of rotatable bonds is 38. The summed E-state index contributed by atoms with van der Waals surface area (Å²) in [6.45, 7) is 11.3. The number of hydrogen-bond acceptors (Lipinski definition) is 8. The van der Waals surface area contributed by atoms with Crippen molar-refractivity contribution in [2.24, 2.45) is 0 Å². The van der Waals surface area contributed by atoms with Crippen LogP contribution in [0.5, 0.6) is 0 Å². The molecule has 0 spiro atoms. The molecule has 3 unspecified atom stereocenters. The van der Waals surface area contributed by atoms with E-state index in [0.29, 0.717) is 38.8 Å². The number of unbranched alkanes of at least 4 members (excludes halogenated alkanes) is 14. The molecule has 9 heteroatoms. The molecule has 0 amide bonds. The zero-order valence-corrected chi connectivity index (χ0v) is 34.8. The summed E-state index contributed by atoms with van der Waals surface area (Å²) in [5, 5.41) is 21.8. The first-order chi connectivity index (χ1) is 25.8. The van der Waals surface area contributed by atoms with Crippen LogP contribution in [0, 0.1) is 0 Å². The van der Waals surface area contributed by atoms with Crippen LogP contribution in [0.25, 0.3) is 0 Å². The molecule has 4 atom stereocenters. The van der Waals surface area contributed by atoms with E-state index < -0.39 is 12.2 Å². The van der Waals surface area contributed by atoms with Gasteiger partial charge in [0.1, 0.15) is 12.2 Å². The number of nitrogens with zero attached hydrogens (tertiary/aromatic N) is 3. The van der Waals surface area contributed by atoms with Gasteiger partial charge in [0.2, 0.25) is 0 Å². The third-order valence-corrected chi connectivity index (χ3v) is 10.5. The SMILES string of the molecule is CCCCCCCCC(CC)OC(=O)CCCCCC(O)CN(CCCn1ccnc1)C[C@@H](O)CCCCCC(=O)OC(CC)CCCCCCCC. The van der Waals surface area contributed by atoms with Gasteiger partial charge >= 0.3 is 11.9 Å². The number of aromatic nitrogens is 2. The number of hydrogen-bond donors (Lipinski definition) is 2. The number of aliphatic hydroxyl groups excluding tert-OH is 2. The van der Waals surface area contributed by atoms with Crippen molar-refractivity contribution >= 4 is 11.9 Å². The molecule has 0 aliphatic rings. The Balaban J connectivity index is 2.33. The Bertz CT molecular complexity index is 905. The van der Waals surface area contributed by atoms with E-state index in [1.807, 2.05) is 12.5 Å². The van der Waals surface area contributed by atoms with Crippen molar-refractivity contribution in [1.29, 1.82) is 0 Å². The molecule has 1 heterocycles. The van der Waals surface area contributed by atoms with Gasteiger partial charge in [-0.05, 0) is 70.6 Å². The molecule has 0 aliphatic heterocycles. The van der Waals surface area contributed by atoms with Crippen molar-refractivity contribution in [3.8, 4) is 0 Å². The van der Waals surface area contributed by atoms with Crippen LogP contribution in [0.2, 0.25) is 0 Å². The van der Waals surface area contributed by atoms with Crippen LogP contribution in [0.4, 0.5) is 0 Å². The van der Waals surface area contributed by atoms with Crippen LogP contribution >= 0.6 is 0 Å². The van der Waals surface area contributed by atoms with E-state index in [-0.39, 0.29) is 24.1 Å². The number of carbonyl (C=O) groups is 2. The molecule has 1 aromatic rings. The molecule has 53 heavy (non-hydrogen) atoms. The van der Waals surface area contributed by atoms with E-state index in [1.54, 1.807) is 6.20 Å². The summed E-state index contributed by atoms with van der Waals surface area (Å²) >= 11 is 0. The second-order valence-corrected chi connectivity index (χ2v) is 15.6. The van der Waals surface area contributed by atoms with Gasteiger partial charge in [0.25, 0.3) is 0 Å². The van der Waals surface area contributed by atoms with Crippen LogP contribution in [-0.2, 0) is 25.6 Å². The molecule has 0 fully saturated rings. The largest absolute Gasteiger partial charge is 0.462 e. The van der Waals surface area contributed by atoms with Crippen molar-refractivity contribution in [3.63, 3.8) is 0 Å². The van der Waals surface area contributed by atoms with Gasteiger partial charge in [0.05, 0.1) is 18.5 Å². The highest BCUT2D eigenvalue weighted by Crippen LogP contribution is 2.17. The Morgan fingerprint density at radius 1 is 0.604 bits per heavy atom. The highest BCUT2D eigenvalue weighted by Gasteiger charge is 2.17. The maximum absolute atomic E-state index is 12.4. The van der Waals surface area contributed by atoms with Crippen molar-refractivity contribution in [3.05, 3.63) is 18.7 Å². The second kappa shape index (κ2) is 34.5. The molecule has 0 bridgehead atoms. The molecule has 1 aromatic heterocycles. The van der Waals surface area contributed by atoms with E-state index in [0.717, 1.165) is 96.6 Å². The second-order valence-electron chi connectivity index (χ2n) is 15.6. The molecule has 310 valence electrons. The van der Waals surface area contributed by atoms with E-state index in [9.17, 15) is 19.8 Å². The number of aliphatic hydroxyl groups is 2. The van der Waals surface area contributed by atoms with E-state index >= 15 is 0 Å². The fraction of sp³-hybridized carbons (Fsp3) is 0.886. The molecular formula is C44H83N3O6. The molecule has 9 nitrogen and oxygen atoms in total. The molecule has 0 saturated heterocycles. The summed E-state index contributed by atoms with van der Waals surface area (Å²) in [4.78, 5) is 31.2.